The topological polar surface area (TPSA) is 96.8 Å². The van der Waals surface area contributed by atoms with Crippen LogP contribution in [0.25, 0.3) is 0 Å². The molecule has 33 heavy (non-hydrogen) atoms. The van der Waals surface area contributed by atoms with Gasteiger partial charge in [-0.25, -0.2) is 4.98 Å². The van der Waals surface area contributed by atoms with Crippen molar-refractivity contribution in [3.8, 4) is 11.6 Å². The number of benzene rings is 1. The lowest BCUT2D eigenvalue weighted by Crippen LogP contribution is -2.39. The summed E-state index contributed by atoms with van der Waals surface area (Å²) in [5.41, 5.74) is 1.16. The Morgan fingerprint density at radius 3 is 2.70 bits per heavy atom. The van der Waals surface area contributed by atoms with Gasteiger partial charge in [-0.2, -0.15) is 4.98 Å². The minimum atomic E-state index is -0.275. The quantitative estimate of drug-likeness (QED) is 0.638. The molecule has 0 bridgehead atoms. The number of hydrogen-bond donors (Lipinski definition) is 2. The first-order valence-electron chi connectivity index (χ1n) is 11.6. The van der Waals surface area contributed by atoms with Gasteiger partial charge in [0.05, 0.1) is 18.2 Å². The van der Waals surface area contributed by atoms with E-state index in [1.165, 1.54) is 6.42 Å². The molecule has 1 aromatic heterocycles. The monoisotopic (exact) mass is 472 g/mol. The molecule has 0 unspecified atom stereocenters. The van der Waals surface area contributed by atoms with Crippen molar-refractivity contribution in [1.82, 2.24) is 15.3 Å². The average molecular weight is 473 g/mol. The first kappa shape index (κ1) is 22.2. The van der Waals surface area contributed by atoms with E-state index in [1.54, 1.807) is 25.4 Å². The lowest BCUT2D eigenvalue weighted by atomic mass is 9.93. The number of amides is 1. The Morgan fingerprint density at radius 1 is 1.24 bits per heavy atom. The van der Waals surface area contributed by atoms with Crippen LogP contribution >= 0.6 is 11.6 Å². The van der Waals surface area contributed by atoms with E-state index in [9.17, 15) is 9.90 Å². The molecule has 3 fully saturated rings. The lowest BCUT2D eigenvalue weighted by Gasteiger charge is -2.26. The molecule has 2 N–H and O–H groups in total. The summed E-state index contributed by atoms with van der Waals surface area (Å²) in [6.45, 7) is 2.11. The molecule has 176 valence electrons. The van der Waals surface area contributed by atoms with E-state index in [4.69, 9.17) is 21.1 Å². The second kappa shape index (κ2) is 9.35. The van der Waals surface area contributed by atoms with Crippen molar-refractivity contribution < 1.29 is 19.4 Å². The maximum atomic E-state index is 13.1. The molecule has 1 saturated heterocycles. The fourth-order valence-electron chi connectivity index (χ4n) is 4.77. The number of carbonyl (C=O) groups excluding carboxylic acids is 1. The van der Waals surface area contributed by atoms with Crippen LogP contribution in [-0.4, -0.2) is 53.3 Å². The SMILES string of the molecule is COc1ccc(COc2nc(N3C[C@@H]4C[C@H]4C3)ncc2C(=O)NC2CCC(O)CC2)cc1Cl. The van der Waals surface area contributed by atoms with Crippen molar-refractivity contribution in [1.29, 1.82) is 0 Å². The van der Waals surface area contributed by atoms with E-state index in [0.29, 0.717) is 35.1 Å². The largest absolute Gasteiger partial charge is 0.495 e. The lowest BCUT2D eigenvalue weighted by molar-refractivity contribution is 0.0862. The molecule has 8 nitrogen and oxygen atoms in total. The molecular weight excluding hydrogens is 444 g/mol. The van der Waals surface area contributed by atoms with Gasteiger partial charge in [0, 0.05) is 25.3 Å². The molecule has 2 atom stereocenters. The highest BCUT2D eigenvalue weighted by atomic mass is 35.5. The van der Waals surface area contributed by atoms with Crippen LogP contribution in [0.3, 0.4) is 0 Å². The highest BCUT2D eigenvalue weighted by Gasteiger charge is 2.46. The van der Waals surface area contributed by atoms with Crippen LogP contribution in [0.1, 0.15) is 48.0 Å². The molecule has 3 aliphatic rings. The van der Waals surface area contributed by atoms with Gasteiger partial charge in [-0.3, -0.25) is 4.79 Å². The number of nitrogens with zero attached hydrogens (tertiary/aromatic N) is 3. The maximum Gasteiger partial charge on any atom is 0.258 e. The summed E-state index contributed by atoms with van der Waals surface area (Å²) < 4.78 is 11.2. The van der Waals surface area contributed by atoms with E-state index in [1.807, 2.05) is 6.07 Å². The Balaban J connectivity index is 1.34. The number of hydrogen-bond acceptors (Lipinski definition) is 7. The van der Waals surface area contributed by atoms with Crippen molar-refractivity contribution in [2.45, 2.75) is 50.9 Å². The molecule has 2 aromatic rings. The Kier molecular flexibility index (Phi) is 6.29. The van der Waals surface area contributed by atoms with Crippen LogP contribution in [0.15, 0.2) is 24.4 Å². The molecule has 9 heteroatoms. The van der Waals surface area contributed by atoms with E-state index in [0.717, 1.165) is 43.3 Å². The van der Waals surface area contributed by atoms with Gasteiger partial charge in [-0.1, -0.05) is 17.7 Å². The zero-order valence-electron chi connectivity index (χ0n) is 18.7. The van der Waals surface area contributed by atoms with Gasteiger partial charge in [0.1, 0.15) is 17.9 Å². The highest BCUT2D eigenvalue weighted by molar-refractivity contribution is 6.32. The predicted octanol–water partition coefficient (Wildman–Crippen LogP) is 3.21. The van der Waals surface area contributed by atoms with Gasteiger partial charge < -0.3 is 24.8 Å². The number of carbonyl (C=O) groups is 1. The number of halogens is 1. The molecule has 1 aliphatic heterocycles. The molecule has 2 aliphatic carbocycles. The number of methoxy groups -OCH3 is 1. The summed E-state index contributed by atoms with van der Waals surface area (Å²) in [5, 5.41) is 13.3. The smallest absolute Gasteiger partial charge is 0.258 e. The standard InChI is InChI=1S/C24H29ClN4O4/c1-32-21-7-2-14(8-20(21)25)13-33-23-19(22(31)27-17-3-5-18(30)6-4-17)10-26-24(28-23)29-11-15-9-16(15)12-29/h2,7-8,10,15-18,30H,3-6,9,11-13H2,1H3,(H,27,31)/t15-,16-,17?,18?/m0/s1. The van der Waals surface area contributed by atoms with Crippen LogP contribution in [0.4, 0.5) is 5.95 Å². The number of anilines is 1. The van der Waals surface area contributed by atoms with E-state index in [-0.39, 0.29) is 30.5 Å². The first-order chi connectivity index (χ1) is 16.0. The summed E-state index contributed by atoms with van der Waals surface area (Å²) in [6.07, 6.45) is 5.47. The number of fused-ring (bicyclic) bond motifs is 1. The Bertz CT molecular complexity index is 1020. The number of aliphatic hydroxyl groups excluding tert-OH is 1. The van der Waals surface area contributed by atoms with Gasteiger partial charge in [0.15, 0.2) is 0 Å². The van der Waals surface area contributed by atoms with Crippen molar-refractivity contribution in [2.24, 2.45) is 11.8 Å². The molecule has 0 radical (unpaired) electrons. The van der Waals surface area contributed by atoms with Crippen LogP contribution in [0.2, 0.25) is 5.02 Å². The minimum absolute atomic E-state index is 0.0273. The summed E-state index contributed by atoms with van der Waals surface area (Å²) in [5.74, 6) is 2.68. The molecule has 0 spiro atoms. The third-order valence-electron chi connectivity index (χ3n) is 6.87. The molecular formula is C24H29ClN4O4. The van der Waals surface area contributed by atoms with E-state index < -0.39 is 0 Å². The summed E-state index contributed by atoms with van der Waals surface area (Å²) in [6, 6.07) is 5.46. The van der Waals surface area contributed by atoms with Gasteiger partial charge >= 0.3 is 0 Å². The van der Waals surface area contributed by atoms with Gasteiger partial charge in [0.2, 0.25) is 11.8 Å². The zero-order valence-corrected chi connectivity index (χ0v) is 19.4. The normalized spacial score (nSPS) is 26.0. The van der Waals surface area contributed by atoms with Gasteiger partial charge in [-0.15, -0.1) is 0 Å². The summed E-state index contributed by atoms with van der Waals surface area (Å²) in [4.78, 5) is 24.4. The van der Waals surface area contributed by atoms with Gasteiger partial charge in [0.25, 0.3) is 5.91 Å². The summed E-state index contributed by atoms with van der Waals surface area (Å²) >= 11 is 6.25. The van der Waals surface area contributed by atoms with Crippen molar-refractivity contribution in [3.05, 3.63) is 40.5 Å². The Hall–Kier alpha value is -2.58. The predicted molar refractivity (Wildman–Crippen MR) is 124 cm³/mol. The Labute approximate surface area is 198 Å². The van der Waals surface area contributed by atoms with E-state index in [2.05, 4.69) is 20.2 Å². The number of nitrogens with one attached hydrogen (secondary N) is 1. The maximum absolute atomic E-state index is 13.1. The van der Waals surface area contributed by atoms with Crippen LogP contribution < -0.4 is 19.7 Å². The van der Waals surface area contributed by atoms with Crippen LogP contribution in [0, 0.1) is 11.8 Å². The summed E-state index contributed by atoms with van der Waals surface area (Å²) in [7, 11) is 1.57. The second-order valence-corrected chi connectivity index (χ2v) is 9.69. The van der Waals surface area contributed by atoms with Gasteiger partial charge in [-0.05, 0) is 61.6 Å². The third-order valence-corrected chi connectivity index (χ3v) is 7.17. The van der Waals surface area contributed by atoms with E-state index >= 15 is 0 Å². The minimum Gasteiger partial charge on any atom is -0.495 e. The third kappa shape index (κ3) is 5.01. The zero-order chi connectivity index (χ0) is 22.9. The number of piperidine rings is 1. The number of aliphatic hydroxyl groups is 1. The molecule has 2 heterocycles. The van der Waals surface area contributed by atoms with Crippen LogP contribution in [0.5, 0.6) is 11.6 Å². The van der Waals surface area contributed by atoms with Crippen molar-refractivity contribution in [3.63, 3.8) is 0 Å². The Morgan fingerprint density at radius 2 is 2.00 bits per heavy atom. The number of aromatic nitrogens is 2. The first-order valence-corrected chi connectivity index (χ1v) is 11.9. The average Bonchev–Trinajstić information content (AvgIpc) is 3.43. The molecule has 1 aromatic carbocycles. The molecule has 2 saturated carbocycles. The molecule has 5 rings (SSSR count). The second-order valence-electron chi connectivity index (χ2n) is 9.29. The molecule has 1 amide bonds. The highest BCUT2D eigenvalue weighted by Crippen LogP contribution is 2.45. The fourth-order valence-corrected chi connectivity index (χ4v) is 5.05. The number of ether oxygens (including phenoxy) is 2. The fraction of sp³-hybridized carbons (Fsp3) is 0.542. The number of rotatable bonds is 7. The van der Waals surface area contributed by atoms with Crippen LogP contribution in [-0.2, 0) is 6.61 Å². The van der Waals surface area contributed by atoms with Crippen molar-refractivity contribution >= 4 is 23.5 Å². The van der Waals surface area contributed by atoms with Crippen molar-refractivity contribution in [2.75, 3.05) is 25.1 Å².